The molecule has 0 fully saturated rings. The van der Waals surface area contributed by atoms with E-state index in [9.17, 15) is 23.7 Å². The number of aliphatic imine (C=N–C) groups is 2. The molecule has 6 N–H and O–H groups in total. The summed E-state index contributed by atoms with van der Waals surface area (Å²) in [4.78, 5) is 81.4. The Kier molecular flexibility index (Phi) is 12.0. The molecule has 0 saturated carbocycles. The second-order valence-corrected chi connectivity index (χ2v) is 11.4. The van der Waals surface area contributed by atoms with E-state index in [4.69, 9.17) is 29.5 Å². The zero-order chi connectivity index (χ0) is 36.4. The van der Waals surface area contributed by atoms with Crippen LogP contribution in [0.25, 0.3) is 0 Å². The van der Waals surface area contributed by atoms with E-state index in [-0.39, 0.29) is 41.5 Å². The number of amidine groups is 1. The van der Waals surface area contributed by atoms with Crippen molar-refractivity contribution in [2.75, 3.05) is 18.7 Å². The number of phosphoric acid groups is 1. The molecule has 262 valence electrons. The number of nitrogens with zero attached hydrogens (tertiary/aromatic N) is 4. The number of carbonyl (C=O) groups excluding carboxylic acids is 4. The van der Waals surface area contributed by atoms with Gasteiger partial charge in [-0.15, -0.1) is 0 Å². The fraction of sp³-hybridized carbons (Fsp3) is 0.194. The highest BCUT2D eigenvalue weighted by Crippen LogP contribution is 2.37. The first-order valence-corrected chi connectivity index (χ1v) is 16.1. The molecule has 0 atom stereocenters. The molecule has 18 nitrogen and oxygen atoms in total. The van der Waals surface area contributed by atoms with Crippen LogP contribution in [0.3, 0.4) is 0 Å². The quantitative estimate of drug-likeness (QED) is 0.0462. The average molecular weight is 710 g/mol. The Balaban J connectivity index is 1.41. The molecule has 0 aliphatic rings. The highest BCUT2D eigenvalue weighted by atomic mass is 31.2. The predicted molar refractivity (Wildman–Crippen MR) is 177 cm³/mol. The fourth-order valence-electron chi connectivity index (χ4n) is 4.37. The van der Waals surface area contributed by atoms with Gasteiger partial charge in [-0.2, -0.15) is 0 Å². The van der Waals surface area contributed by atoms with Crippen molar-refractivity contribution in [2.24, 2.45) is 15.7 Å². The van der Waals surface area contributed by atoms with Crippen LogP contribution in [0.15, 0.2) is 75.5 Å². The van der Waals surface area contributed by atoms with Crippen LogP contribution in [0.4, 0.5) is 16.3 Å². The largest absolute Gasteiger partial charge is 0.524 e. The number of aryl methyl sites for hydroxylation is 1. The number of nitrogens with one attached hydrogen (secondary N) is 2. The number of aromatic nitrogens is 2. The normalized spacial score (nSPS) is 11.7. The van der Waals surface area contributed by atoms with Crippen LogP contribution in [0.5, 0.6) is 5.75 Å². The molecule has 0 aliphatic heterocycles. The van der Waals surface area contributed by atoms with Gasteiger partial charge in [0, 0.05) is 24.4 Å². The number of phosphoric ester groups is 1. The number of amides is 3. The molecule has 0 saturated heterocycles. The number of H-pyrrole nitrogens is 1. The Labute approximate surface area is 284 Å². The molecule has 19 heteroatoms. The fourth-order valence-corrected chi connectivity index (χ4v) is 4.76. The lowest BCUT2D eigenvalue weighted by atomic mass is 10.1. The second-order valence-electron chi connectivity index (χ2n) is 10.3. The minimum Gasteiger partial charge on any atom is -0.428 e. The number of esters is 1. The van der Waals surface area contributed by atoms with Crippen molar-refractivity contribution in [3.63, 3.8) is 0 Å². The smallest absolute Gasteiger partial charge is 0.428 e. The van der Waals surface area contributed by atoms with Gasteiger partial charge in [0.1, 0.15) is 12.0 Å². The summed E-state index contributed by atoms with van der Waals surface area (Å²) in [7, 11) is -4.73. The third kappa shape index (κ3) is 9.72. The highest BCUT2D eigenvalue weighted by molar-refractivity contribution is 7.46. The maximum atomic E-state index is 13.4. The molecule has 4 aromatic rings. The topological polar surface area (TPSA) is 261 Å². The van der Waals surface area contributed by atoms with E-state index in [0.717, 1.165) is 11.2 Å². The number of benzene rings is 2. The number of rotatable bonds is 12. The Morgan fingerprint density at radius 2 is 1.84 bits per heavy atom. The van der Waals surface area contributed by atoms with E-state index in [0.29, 0.717) is 28.1 Å². The van der Waals surface area contributed by atoms with Gasteiger partial charge in [0.2, 0.25) is 6.79 Å². The number of nitrogens with two attached hydrogens (primary N) is 1. The number of hydrogen-bond acceptors (Lipinski definition) is 11. The minimum absolute atomic E-state index is 0.0844. The maximum Gasteiger partial charge on any atom is 0.524 e. The van der Waals surface area contributed by atoms with Crippen LogP contribution in [-0.4, -0.2) is 74.2 Å². The van der Waals surface area contributed by atoms with Crippen molar-refractivity contribution in [3.05, 3.63) is 94.5 Å². The first-order valence-electron chi connectivity index (χ1n) is 14.6. The van der Waals surface area contributed by atoms with E-state index in [1.54, 1.807) is 39.0 Å². The monoisotopic (exact) mass is 709 g/mol. The van der Waals surface area contributed by atoms with Gasteiger partial charge in [-0.05, 0) is 61.7 Å². The number of imide groups is 1. The van der Waals surface area contributed by atoms with Crippen molar-refractivity contribution in [2.45, 2.75) is 27.2 Å². The molecule has 2 heterocycles. The summed E-state index contributed by atoms with van der Waals surface area (Å²) in [6.07, 6.45) is 2.39. The minimum atomic E-state index is -4.73. The summed E-state index contributed by atoms with van der Waals surface area (Å²) >= 11 is 0. The first-order chi connectivity index (χ1) is 23.8. The zero-order valence-corrected chi connectivity index (χ0v) is 27.7. The molecule has 0 radical (unpaired) electrons. The molecule has 0 spiro atoms. The number of anilines is 1. The van der Waals surface area contributed by atoms with Gasteiger partial charge in [0.15, 0.2) is 11.7 Å². The zero-order valence-electron chi connectivity index (χ0n) is 26.9. The van der Waals surface area contributed by atoms with Gasteiger partial charge in [-0.3, -0.25) is 24.2 Å². The molecule has 0 aliphatic carbocycles. The Morgan fingerprint density at radius 1 is 1.10 bits per heavy atom. The third-order valence-corrected chi connectivity index (χ3v) is 7.30. The van der Waals surface area contributed by atoms with Crippen LogP contribution in [0.2, 0.25) is 0 Å². The first kappa shape index (κ1) is 36.7. The van der Waals surface area contributed by atoms with Crippen LogP contribution >= 0.6 is 7.82 Å². The second kappa shape index (κ2) is 16.3. The van der Waals surface area contributed by atoms with Gasteiger partial charge in [0.05, 0.1) is 29.7 Å². The van der Waals surface area contributed by atoms with Crippen LogP contribution in [0.1, 0.15) is 50.0 Å². The van der Waals surface area contributed by atoms with E-state index in [1.165, 1.54) is 42.8 Å². The van der Waals surface area contributed by atoms with Gasteiger partial charge in [0.25, 0.3) is 11.8 Å². The van der Waals surface area contributed by atoms with E-state index < -0.39 is 38.5 Å². The summed E-state index contributed by atoms with van der Waals surface area (Å²) < 4.78 is 30.1. The average Bonchev–Trinajstić information content (AvgIpc) is 3.71. The lowest BCUT2D eigenvalue weighted by Crippen LogP contribution is -2.37. The van der Waals surface area contributed by atoms with Gasteiger partial charge in [-0.25, -0.2) is 24.2 Å². The number of aromatic amines is 1. The van der Waals surface area contributed by atoms with E-state index in [2.05, 4.69) is 30.0 Å². The Hall–Kier alpha value is -6.10. The predicted octanol–water partition coefficient (Wildman–Crippen LogP) is 3.75. The van der Waals surface area contributed by atoms with Crippen molar-refractivity contribution in [3.8, 4) is 5.75 Å². The van der Waals surface area contributed by atoms with Crippen molar-refractivity contribution < 1.29 is 52.1 Å². The Bertz CT molecular complexity index is 1970. The Morgan fingerprint density at radius 3 is 2.48 bits per heavy atom. The number of ether oxygens (including phenoxy) is 2. The van der Waals surface area contributed by atoms with E-state index >= 15 is 0 Å². The number of carbonyl (C=O) groups is 4. The number of hydrogen-bond donors (Lipinski definition) is 5. The molecule has 0 unspecified atom stereocenters. The van der Waals surface area contributed by atoms with E-state index in [1.807, 2.05) is 0 Å². The lowest BCUT2D eigenvalue weighted by molar-refractivity contribution is -0.151. The van der Waals surface area contributed by atoms with Crippen molar-refractivity contribution in [1.29, 1.82) is 0 Å². The van der Waals surface area contributed by atoms with Crippen molar-refractivity contribution in [1.82, 2.24) is 15.0 Å². The SMILES string of the molecule is CCN(C(=O)OCOC(=O)Cc1ccc(OP(=O)(O)O)cc1)C(=O)c1c[nH]c(C(N=CN)=Nc2cc(C(=O)Nc3ccon3)ccc2C)c1C. The summed E-state index contributed by atoms with van der Waals surface area (Å²) in [5.41, 5.74) is 8.20. The van der Waals surface area contributed by atoms with Gasteiger partial charge < -0.3 is 34.6 Å². The third-order valence-electron chi connectivity index (χ3n) is 6.85. The summed E-state index contributed by atoms with van der Waals surface area (Å²) in [5, 5.41) is 6.27. The summed E-state index contributed by atoms with van der Waals surface area (Å²) in [6.45, 7) is 4.08. The molecule has 4 rings (SSSR count). The van der Waals surface area contributed by atoms with Gasteiger partial charge >= 0.3 is 19.9 Å². The van der Waals surface area contributed by atoms with Crippen LogP contribution in [0, 0.1) is 13.8 Å². The molecule has 0 bridgehead atoms. The van der Waals surface area contributed by atoms with Crippen LogP contribution in [-0.2, 0) is 25.3 Å². The lowest BCUT2D eigenvalue weighted by Gasteiger charge is -2.18. The van der Waals surface area contributed by atoms with Crippen molar-refractivity contribution >= 4 is 55.4 Å². The van der Waals surface area contributed by atoms with Crippen LogP contribution < -0.4 is 15.6 Å². The standard InChI is InChI=1S/C31H32N7O11P/c1-4-38(31(42)47-17-46-26(39)13-20-6-9-22(10-7-20)49-50(43,44)45)30(41)23-15-33-27(19(23)3)28(34-16-32)35-24-14-21(8-5-18(24)2)29(40)36-25-11-12-48-37-25/h5-12,14-16,33H,4,13,17H2,1-3H3,(H2,32,34,35)(H,36,37,40)(H2,43,44,45). The summed E-state index contributed by atoms with van der Waals surface area (Å²) in [6, 6.07) is 11.7. The molecule has 3 amide bonds. The molecule has 2 aromatic carbocycles. The van der Waals surface area contributed by atoms with Gasteiger partial charge in [-0.1, -0.05) is 23.4 Å². The molecular weight excluding hydrogens is 677 g/mol. The molecule has 50 heavy (non-hydrogen) atoms. The highest BCUT2D eigenvalue weighted by Gasteiger charge is 2.27. The maximum absolute atomic E-state index is 13.4. The molecular formula is C31H32N7O11P. The summed E-state index contributed by atoms with van der Waals surface area (Å²) in [5.74, 6) is -1.72. The molecule has 2 aromatic heterocycles.